The van der Waals surface area contributed by atoms with Crippen molar-refractivity contribution in [3.05, 3.63) is 41.7 Å². The first kappa shape index (κ1) is 18.0. The number of piperidine rings is 1. The number of benzene rings is 1. The molecular formula is C20H26N4O3. The molecule has 144 valence electrons. The maximum Gasteiger partial charge on any atom is 0.171 e. The average Bonchev–Trinajstić information content (AvgIpc) is 3.15. The molecule has 2 aliphatic rings. The maximum atomic E-state index is 5.81. The highest BCUT2D eigenvalue weighted by Crippen LogP contribution is 2.33. The zero-order chi connectivity index (χ0) is 18.7. The Morgan fingerprint density at radius 3 is 2.48 bits per heavy atom. The molecule has 0 bridgehead atoms. The van der Waals surface area contributed by atoms with Crippen molar-refractivity contribution in [2.75, 3.05) is 43.6 Å². The summed E-state index contributed by atoms with van der Waals surface area (Å²) in [5.41, 5.74) is 1.17. The van der Waals surface area contributed by atoms with Crippen molar-refractivity contribution in [1.29, 1.82) is 0 Å². The van der Waals surface area contributed by atoms with Gasteiger partial charge in [0.2, 0.25) is 0 Å². The van der Waals surface area contributed by atoms with Gasteiger partial charge in [0.25, 0.3) is 0 Å². The minimum Gasteiger partial charge on any atom is -0.497 e. The lowest BCUT2D eigenvalue weighted by atomic mass is 10.0. The van der Waals surface area contributed by atoms with Crippen LogP contribution < -0.4 is 15.0 Å². The molecule has 3 heterocycles. The Morgan fingerprint density at radius 1 is 1.11 bits per heavy atom. The van der Waals surface area contributed by atoms with Gasteiger partial charge in [-0.2, -0.15) is 0 Å². The number of nitrogens with zero attached hydrogens (tertiary/aromatic N) is 3. The standard InChI is InChI=1S/C20H26N4O3/c1-15-22-18(21-14-16-3-5-17(25-2)6-4-16)13-19(23-15)24-9-7-20(8-10-24)26-11-12-27-20/h3-6,13H,7-12,14H2,1-2H3,(H,21,22,23). The van der Waals surface area contributed by atoms with Gasteiger partial charge in [0, 0.05) is 38.5 Å². The highest BCUT2D eigenvalue weighted by atomic mass is 16.7. The number of hydrogen-bond acceptors (Lipinski definition) is 7. The van der Waals surface area contributed by atoms with Gasteiger partial charge >= 0.3 is 0 Å². The molecule has 1 aromatic carbocycles. The van der Waals surface area contributed by atoms with Crippen LogP contribution in [0, 0.1) is 6.92 Å². The molecule has 0 atom stereocenters. The number of ether oxygens (including phenoxy) is 3. The molecule has 2 aromatic rings. The van der Waals surface area contributed by atoms with E-state index in [0.29, 0.717) is 19.8 Å². The molecule has 4 rings (SSSR count). The lowest BCUT2D eigenvalue weighted by Crippen LogP contribution is -2.45. The summed E-state index contributed by atoms with van der Waals surface area (Å²) in [6.45, 7) is 5.77. The summed E-state index contributed by atoms with van der Waals surface area (Å²) in [6, 6.07) is 10.0. The minimum atomic E-state index is -0.367. The fourth-order valence-corrected chi connectivity index (χ4v) is 3.60. The van der Waals surface area contributed by atoms with Crippen molar-refractivity contribution >= 4 is 11.6 Å². The number of methoxy groups -OCH3 is 1. The summed E-state index contributed by atoms with van der Waals surface area (Å²) in [5.74, 6) is 3.04. The second kappa shape index (κ2) is 7.70. The number of anilines is 2. The van der Waals surface area contributed by atoms with Crippen molar-refractivity contribution < 1.29 is 14.2 Å². The quantitative estimate of drug-likeness (QED) is 0.868. The first-order valence-electron chi connectivity index (χ1n) is 9.41. The van der Waals surface area contributed by atoms with Crippen LogP contribution in [0.2, 0.25) is 0 Å². The summed E-state index contributed by atoms with van der Waals surface area (Å²) in [6.07, 6.45) is 1.73. The van der Waals surface area contributed by atoms with Crippen LogP contribution in [0.4, 0.5) is 11.6 Å². The van der Waals surface area contributed by atoms with Gasteiger partial charge in [0.15, 0.2) is 5.79 Å². The third-order valence-electron chi connectivity index (χ3n) is 5.12. The molecule has 0 saturated carbocycles. The number of aryl methyl sites for hydroxylation is 1. The predicted molar refractivity (Wildman–Crippen MR) is 103 cm³/mol. The largest absolute Gasteiger partial charge is 0.497 e. The summed E-state index contributed by atoms with van der Waals surface area (Å²) >= 11 is 0. The highest BCUT2D eigenvalue weighted by Gasteiger charge is 2.40. The number of hydrogen-bond donors (Lipinski definition) is 1. The van der Waals surface area contributed by atoms with E-state index in [1.165, 1.54) is 5.56 Å². The number of aromatic nitrogens is 2. The molecule has 27 heavy (non-hydrogen) atoms. The van der Waals surface area contributed by atoms with E-state index in [2.05, 4.69) is 20.2 Å². The molecule has 0 aliphatic carbocycles. The van der Waals surface area contributed by atoms with E-state index in [0.717, 1.165) is 49.1 Å². The topological polar surface area (TPSA) is 68.7 Å². The van der Waals surface area contributed by atoms with Crippen molar-refractivity contribution in [3.63, 3.8) is 0 Å². The lowest BCUT2D eigenvalue weighted by Gasteiger charge is -2.38. The number of nitrogens with one attached hydrogen (secondary N) is 1. The van der Waals surface area contributed by atoms with E-state index in [-0.39, 0.29) is 5.79 Å². The first-order chi connectivity index (χ1) is 13.2. The van der Waals surface area contributed by atoms with Gasteiger partial charge in [0.05, 0.1) is 20.3 Å². The van der Waals surface area contributed by atoms with E-state index in [1.807, 2.05) is 37.3 Å². The Morgan fingerprint density at radius 2 is 1.81 bits per heavy atom. The predicted octanol–water partition coefficient (Wildman–Crippen LogP) is 2.75. The van der Waals surface area contributed by atoms with Gasteiger partial charge in [-0.15, -0.1) is 0 Å². The third-order valence-corrected chi connectivity index (χ3v) is 5.12. The molecule has 0 unspecified atom stereocenters. The molecule has 1 N–H and O–H groups in total. The maximum absolute atomic E-state index is 5.81. The van der Waals surface area contributed by atoms with Crippen LogP contribution in [-0.2, 0) is 16.0 Å². The van der Waals surface area contributed by atoms with Crippen LogP contribution in [0.1, 0.15) is 24.2 Å². The second-order valence-corrected chi connectivity index (χ2v) is 6.95. The van der Waals surface area contributed by atoms with E-state index in [1.54, 1.807) is 7.11 Å². The molecule has 2 aliphatic heterocycles. The summed E-state index contributed by atoms with van der Waals surface area (Å²) in [5, 5.41) is 3.40. The summed E-state index contributed by atoms with van der Waals surface area (Å²) < 4.78 is 16.8. The first-order valence-corrected chi connectivity index (χ1v) is 9.41. The van der Waals surface area contributed by atoms with Crippen LogP contribution in [0.5, 0.6) is 5.75 Å². The van der Waals surface area contributed by atoms with Crippen molar-refractivity contribution in [1.82, 2.24) is 9.97 Å². The highest BCUT2D eigenvalue weighted by molar-refractivity contribution is 5.50. The Kier molecular flexibility index (Phi) is 5.13. The van der Waals surface area contributed by atoms with Gasteiger partial charge in [-0.3, -0.25) is 0 Å². The van der Waals surface area contributed by atoms with E-state index in [9.17, 15) is 0 Å². The van der Waals surface area contributed by atoms with Gasteiger partial charge in [-0.1, -0.05) is 12.1 Å². The fourth-order valence-electron chi connectivity index (χ4n) is 3.60. The molecule has 7 heteroatoms. The SMILES string of the molecule is COc1ccc(CNc2cc(N3CCC4(CC3)OCCO4)nc(C)n2)cc1. The molecule has 7 nitrogen and oxygen atoms in total. The van der Waals surface area contributed by atoms with Crippen LogP contribution in [0.15, 0.2) is 30.3 Å². The fraction of sp³-hybridized carbons (Fsp3) is 0.500. The Hall–Kier alpha value is -2.38. The van der Waals surface area contributed by atoms with Gasteiger partial charge in [-0.05, 0) is 24.6 Å². The Bertz CT molecular complexity index is 765. The third kappa shape index (κ3) is 4.14. The second-order valence-electron chi connectivity index (χ2n) is 6.95. The molecule has 1 aromatic heterocycles. The summed E-state index contributed by atoms with van der Waals surface area (Å²) in [4.78, 5) is 11.4. The monoisotopic (exact) mass is 370 g/mol. The van der Waals surface area contributed by atoms with E-state index < -0.39 is 0 Å². The van der Waals surface area contributed by atoms with Gasteiger partial charge < -0.3 is 24.4 Å². The molecule has 1 spiro atoms. The number of rotatable bonds is 5. The van der Waals surface area contributed by atoms with Crippen LogP contribution >= 0.6 is 0 Å². The van der Waals surface area contributed by atoms with Crippen LogP contribution in [0.3, 0.4) is 0 Å². The average molecular weight is 370 g/mol. The zero-order valence-corrected chi connectivity index (χ0v) is 15.9. The Balaban J connectivity index is 1.40. The van der Waals surface area contributed by atoms with Gasteiger partial charge in [0.1, 0.15) is 23.2 Å². The Labute approximate surface area is 159 Å². The van der Waals surface area contributed by atoms with Crippen molar-refractivity contribution in [2.45, 2.75) is 32.1 Å². The van der Waals surface area contributed by atoms with E-state index in [4.69, 9.17) is 14.2 Å². The van der Waals surface area contributed by atoms with Crippen LogP contribution in [0.25, 0.3) is 0 Å². The van der Waals surface area contributed by atoms with Crippen molar-refractivity contribution in [3.8, 4) is 5.75 Å². The van der Waals surface area contributed by atoms with Crippen LogP contribution in [-0.4, -0.2) is 49.2 Å². The minimum absolute atomic E-state index is 0.367. The van der Waals surface area contributed by atoms with E-state index >= 15 is 0 Å². The molecular weight excluding hydrogens is 344 g/mol. The molecule has 0 radical (unpaired) electrons. The summed E-state index contributed by atoms with van der Waals surface area (Å²) in [7, 11) is 1.67. The zero-order valence-electron chi connectivity index (χ0n) is 15.9. The smallest absolute Gasteiger partial charge is 0.171 e. The van der Waals surface area contributed by atoms with Crippen molar-refractivity contribution in [2.24, 2.45) is 0 Å². The normalized spacial score (nSPS) is 18.7. The molecule has 2 fully saturated rings. The molecule has 2 saturated heterocycles. The molecule has 0 amide bonds. The van der Waals surface area contributed by atoms with Gasteiger partial charge in [-0.25, -0.2) is 9.97 Å². The lowest BCUT2D eigenvalue weighted by molar-refractivity contribution is -0.169.